The Labute approximate surface area is 366 Å². The van der Waals surface area contributed by atoms with Gasteiger partial charge in [0.25, 0.3) is 21.6 Å². The number of hydrogen-bond donors (Lipinski definition) is 4. The van der Waals surface area contributed by atoms with E-state index in [1.54, 1.807) is 24.4 Å². The van der Waals surface area contributed by atoms with Crippen LogP contribution in [0.1, 0.15) is 74.7 Å². The number of fused-ring (bicyclic) bond motifs is 1. The maximum absolute atomic E-state index is 13.9. The predicted octanol–water partition coefficient (Wildman–Crippen LogP) is 8.78. The van der Waals surface area contributed by atoms with Gasteiger partial charge in [0.2, 0.25) is 0 Å². The number of pyridine rings is 1. The van der Waals surface area contributed by atoms with Gasteiger partial charge in [-0.15, -0.1) is 0 Å². The molecule has 62 heavy (non-hydrogen) atoms. The lowest BCUT2D eigenvalue weighted by Gasteiger charge is -2.39. The molecule has 4 N–H and O–H groups in total. The number of carbonyl (C=O) groups excluding carboxylic acids is 1. The molecule has 5 aromatic rings. The first-order valence-corrected chi connectivity index (χ1v) is 23.0. The summed E-state index contributed by atoms with van der Waals surface area (Å²) in [5.41, 5.74) is 5.48. The molecule has 2 aliphatic carbocycles. The summed E-state index contributed by atoms with van der Waals surface area (Å²) in [7, 11) is -4.57. The van der Waals surface area contributed by atoms with Crippen molar-refractivity contribution in [3.8, 4) is 11.5 Å². The first kappa shape index (κ1) is 43.2. The van der Waals surface area contributed by atoms with E-state index in [0.29, 0.717) is 30.8 Å². The number of benzene rings is 3. The number of amides is 1. The van der Waals surface area contributed by atoms with Crippen molar-refractivity contribution in [2.45, 2.75) is 69.8 Å². The molecule has 1 saturated heterocycles. The summed E-state index contributed by atoms with van der Waals surface area (Å²) in [5.74, 6) is -0.270. The van der Waals surface area contributed by atoms with E-state index in [4.69, 9.17) is 16.3 Å². The first-order chi connectivity index (χ1) is 29.7. The van der Waals surface area contributed by atoms with Crippen LogP contribution in [0.25, 0.3) is 16.6 Å². The molecule has 8 rings (SSSR count). The van der Waals surface area contributed by atoms with E-state index in [2.05, 4.69) is 55.8 Å². The van der Waals surface area contributed by atoms with Crippen LogP contribution in [0.4, 0.5) is 17.1 Å². The molecule has 1 amide bonds. The van der Waals surface area contributed by atoms with Gasteiger partial charge < -0.3 is 25.0 Å². The fourth-order valence-electron chi connectivity index (χ4n) is 8.90. The summed E-state index contributed by atoms with van der Waals surface area (Å²) in [6, 6.07) is 20.3. The number of ether oxygens (including phenoxy) is 1. The topological polar surface area (TPSA) is 183 Å². The minimum absolute atomic E-state index is 0.0444. The van der Waals surface area contributed by atoms with Crippen LogP contribution in [0.5, 0.6) is 11.5 Å². The Kier molecular flexibility index (Phi) is 12.6. The highest BCUT2D eigenvalue weighted by molar-refractivity contribution is 7.90. The van der Waals surface area contributed by atoms with Crippen molar-refractivity contribution in [1.82, 2.24) is 19.6 Å². The molecule has 0 bridgehead atoms. The Morgan fingerprint density at radius 3 is 2.52 bits per heavy atom. The summed E-state index contributed by atoms with van der Waals surface area (Å²) < 4.78 is 35.8. The van der Waals surface area contributed by atoms with Crippen LogP contribution >= 0.6 is 11.6 Å². The molecule has 3 aliphatic rings. The molecule has 0 spiro atoms. The van der Waals surface area contributed by atoms with Crippen molar-refractivity contribution < 1.29 is 28.0 Å². The number of piperazine rings is 1. The van der Waals surface area contributed by atoms with Crippen LogP contribution in [0.3, 0.4) is 0 Å². The summed E-state index contributed by atoms with van der Waals surface area (Å²) >= 11 is 6.23. The molecule has 3 heterocycles. The SMILES string of the molecule is CC1(C)CCC(c2ccc(Cl)cc2)=C(CN2CCN(c3ccc(C(=O)NS(=O)(=O)c4ccc(NCC5CCC(O)CC5)c([N+](=O)[O-])c4)c(Oc4cnc5[nH]ccc5c4)c3)CC2)C1. The maximum Gasteiger partial charge on any atom is 0.293 e. The van der Waals surface area contributed by atoms with E-state index in [9.17, 15) is 28.4 Å². The van der Waals surface area contributed by atoms with E-state index >= 15 is 0 Å². The van der Waals surface area contributed by atoms with Gasteiger partial charge in [-0.2, -0.15) is 0 Å². The van der Waals surface area contributed by atoms with Crippen molar-refractivity contribution in [1.29, 1.82) is 0 Å². The molecule has 3 aromatic carbocycles. The number of nitrogens with one attached hydrogen (secondary N) is 3. The van der Waals surface area contributed by atoms with Crippen molar-refractivity contribution in [3.63, 3.8) is 0 Å². The highest BCUT2D eigenvalue weighted by Crippen LogP contribution is 2.43. The van der Waals surface area contributed by atoms with Gasteiger partial charge in [-0.25, -0.2) is 18.1 Å². The van der Waals surface area contributed by atoms with E-state index in [1.165, 1.54) is 41.1 Å². The van der Waals surface area contributed by atoms with E-state index in [0.717, 1.165) is 87.0 Å². The fourth-order valence-corrected chi connectivity index (χ4v) is 10.0. The van der Waals surface area contributed by atoms with Gasteiger partial charge in [0, 0.05) is 73.7 Å². The van der Waals surface area contributed by atoms with Crippen LogP contribution in [0, 0.1) is 21.4 Å². The second-order valence-electron chi connectivity index (χ2n) is 17.5. The normalized spacial score (nSPS) is 19.6. The Morgan fingerprint density at radius 1 is 1.02 bits per heavy atom. The highest BCUT2D eigenvalue weighted by atomic mass is 35.5. The number of aliphatic hydroxyl groups excluding tert-OH is 1. The zero-order chi connectivity index (χ0) is 43.6. The summed E-state index contributed by atoms with van der Waals surface area (Å²) in [6.07, 6.45) is 9.04. The van der Waals surface area contributed by atoms with Crippen molar-refractivity contribution in [2.75, 3.05) is 49.5 Å². The number of nitrogens with zero attached hydrogens (tertiary/aromatic N) is 4. The van der Waals surface area contributed by atoms with E-state index in [1.807, 2.05) is 18.2 Å². The lowest BCUT2D eigenvalue weighted by Crippen LogP contribution is -2.47. The molecule has 0 unspecified atom stereocenters. The first-order valence-electron chi connectivity index (χ1n) is 21.2. The summed E-state index contributed by atoms with van der Waals surface area (Å²) in [6.45, 7) is 9.06. The molecule has 0 radical (unpaired) electrons. The number of rotatable bonds is 13. The number of allylic oxidation sites excluding steroid dienone is 1. The number of nitro benzene ring substituents is 1. The molecule has 16 heteroatoms. The molecule has 1 saturated carbocycles. The number of H-pyrrole nitrogens is 1. The third-order valence-electron chi connectivity index (χ3n) is 12.4. The van der Waals surface area contributed by atoms with Crippen LogP contribution < -0.4 is 19.7 Å². The number of carbonyl (C=O) groups is 1. The number of halogens is 1. The Bertz CT molecular complexity index is 2600. The van der Waals surface area contributed by atoms with Gasteiger partial charge in [-0.05, 0) is 116 Å². The third kappa shape index (κ3) is 10.1. The second-order valence-corrected chi connectivity index (χ2v) is 19.6. The number of hydrogen-bond acceptors (Lipinski definition) is 11. The standard InChI is InChI=1S/C46H52ClN7O7S/c1-46(2)17-15-39(31-5-7-34(47)8-6-31)33(26-46)29-52-19-21-53(22-20-52)35-9-13-40(43(24-35)61-37-23-32-16-18-48-44(32)50-28-37)45(56)51-62(59,60)38-12-14-41(42(25-38)54(57)58)49-27-30-3-10-36(55)11-4-30/h5-9,12-14,16,18,23-25,28,30,36,49,55H,3-4,10-11,15,17,19-22,26-27,29H2,1-2H3,(H,48,50)(H,51,56). The van der Waals surface area contributed by atoms with Crippen molar-refractivity contribution in [3.05, 3.63) is 117 Å². The van der Waals surface area contributed by atoms with E-state index < -0.39 is 31.4 Å². The minimum atomic E-state index is -4.57. The van der Waals surface area contributed by atoms with Crippen LogP contribution in [0.15, 0.2) is 95.7 Å². The molecular formula is C46H52ClN7O7S. The molecule has 14 nitrogen and oxygen atoms in total. The molecule has 2 aromatic heterocycles. The highest BCUT2D eigenvalue weighted by Gasteiger charge is 2.31. The van der Waals surface area contributed by atoms with Gasteiger partial charge in [0.1, 0.15) is 22.8 Å². The number of sulfonamides is 1. The average Bonchev–Trinajstić information content (AvgIpc) is 3.72. The van der Waals surface area contributed by atoms with Crippen molar-refractivity contribution in [2.24, 2.45) is 11.3 Å². The Balaban J connectivity index is 1.000. The molecular weight excluding hydrogens is 830 g/mol. The maximum atomic E-state index is 13.9. The van der Waals surface area contributed by atoms with Gasteiger partial charge in [0.15, 0.2) is 0 Å². The van der Waals surface area contributed by atoms with Crippen LogP contribution in [0.2, 0.25) is 5.02 Å². The minimum Gasteiger partial charge on any atom is -0.455 e. The van der Waals surface area contributed by atoms with Gasteiger partial charge in [0.05, 0.1) is 27.7 Å². The van der Waals surface area contributed by atoms with Crippen molar-refractivity contribution >= 4 is 61.2 Å². The van der Waals surface area contributed by atoms with Gasteiger partial charge in [-0.3, -0.25) is 19.8 Å². The Morgan fingerprint density at radius 2 is 1.77 bits per heavy atom. The largest absolute Gasteiger partial charge is 0.455 e. The molecule has 326 valence electrons. The third-order valence-corrected chi connectivity index (χ3v) is 14.0. The smallest absolute Gasteiger partial charge is 0.293 e. The van der Waals surface area contributed by atoms with Gasteiger partial charge in [-0.1, -0.05) is 43.2 Å². The predicted molar refractivity (Wildman–Crippen MR) is 241 cm³/mol. The van der Waals surface area contributed by atoms with Crippen LogP contribution in [-0.4, -0.2) is 84.6 Å². The van der Waals surface area contributed by atoms with E-state index in [-0.39, 0.29) is 34.4 Å². The average molecular weight is 882 g/mol. The monoisotopic (exact) mass is 881 g/mol. The quantitative estimate of drug-likeness (QED) is 0.0655. The number of aromatic amines is 1. The fraction of sp³-hybridized carbons (Fsp3) is 0.391. The van der Waals surface area contributed by atoms with Gasteiger partial charge >= 0.3 is 0 Å². The zero-order valence-electron chi connectivity index (χ0n) is 34.9. The van der Waals surface area contributed by atoms with Crippen LogP contribution in [-0.2, 0) is 10.0 Å². The number of nitro groups is 1. The summed E-state index contributed by atoms with van der Waals surface area (Å²) in [5, 5.41) is 26.5. The molecule has 0 atom stereocenters. The number of aliphatic hydroxyl groups is 1. The summed E-state index contributed by atoms with van der Waals surface area (Å²) in [4.78, 5) is 37.1. The molecule has 2 fully saturated rings. The zero-order valence-corrected chi connectivity index (χ0v) is 36.5. The molecule has 1 aliphatic heterocycles. The lowest BCUT2D eigenvalue weighted by molar-refractivity contribution is -0.384. The second kappa shape index (κ2) is 18.1. The number of anilines is 2. The Hall–Kier alpha value is -5.48. The lowest BCUT2D eigenvalue weighted by atomic mass is 9.73. The number of aromatic nitrogens is 2.